The second-order valence-electron chi connectivity index (χ2n) is 5.40. The van der Waals surface area contributed by atoms with Crippen molar-refractivity contribution in [1.29, 1.82) is 0 Å². The predicted molar refractivity (Wildman–Crippen MR) is 70.9 cm³/mol. The van der Waals surface area contributed by atoms with Gasteiger partial charge in [-0.3, -0.25) is 9.59 Å². The third-order valence-electron chi connectivity index (χ3n) is 3.41. The van der Waals surface area contributed by atoms with Crippen LogP contribution in [0.4, 0.5) is 0 Å². The van der Waals surface area contributed by atoms with Gasteiger partial charge in [-0.25, -0.2) is 0 Å². The van der Waals surface area contributed by atoms with E-state index in [-0.39, 0.29) is 24.3 Å². The van der Waals surface area contributed by atoms with Crippen LogP contribution in [0, 0.1) is 11.8 Å². The van der Waals surface area contributed by atoms with E-state index >= 15 is 0 Å². The maximum Gasteiger partial charge on any atom is 0.323 e. The Morgan fingerprint density at radius 3 is 2.53 bits per heavy atom. The van der Waals surface area contributed by atoms with Crippen molar-refractivity contribution in [3.05, 3.63) is 0 Å². The summed E-state index contributed by atoms with van der Waals surface area (Å²) in [6.45, 7) is 4.02. The van der Waals surface area contributed by atoms with E-state index in [1.54, 1.807) is 0 Å². The van der Waals surface area contributed by atoms with E-state index in [2.05, 4.69) is 0 Å². The van der Waals surface area contributed by atoms with E-state index in [9.17, 15) is 9.59 Å². The van der Waals surface area contributed by atoms with Crippen molar-refractivity contribution < 1.29 is 19.4 Å². The Balaban J connectivity index is 2.65. The van der Waals surface area contributed by atoms with Crippen LogP contribution < -0.4 is 0 Å². The number of aliphatic carboxylic acids is 1. The zero-order valence-electron chi connectivity index (χ0n) is 12.0. The number of hydrogen-bond acceptors (Lipinski definition) is 4. The van der Waals surface area contributed by atoms with Crippen LogP contribution in [0.15, 0.2) is 0 Å². The fraction of sp³-hybridized carbons (Fsp3) is 0.846. The van der Waals surface area contributed by atoms with Crippen LogP contribution in [-0.2, 0) is 14.3 Å². The number of amides is 1. The number of nitrogens with zero attached hydrogens (tertiary/aromatic N) is 2. The lowest BCUT2D eigenvalue weighted by molar-refractivity contribution is -0.149. The molecular formula is C13H24N2O4. The first-order valence-corrected chi connectivity index (χ1v) is 6.65. The van der Waals surface area contributed by atoms with Gasteiger partial charge in [0.25, 0.3) is 0 Å². The van der Waals surface area contributed by atoms with Crippen LogP contribution in [0.2, 0.25) is 0 Å². The average Bonchev–Trinajstić information content (AvgIpc) is 2.33. The second kappa shape index (κ2) is 7.45. The van der Waals surface area contributed by atoms with Crippen LogP contribution in [0.1, 0.15) is 13.3 Å². The van der Waals surface area contributed by atoms with Crippen molar-refractivity contribution in [2.75, 3.05) is 46.9 Å². The molecule has 1 heterocycles. The molecule has 6 nitrogen and oxygen atoms in total. The second-order valence-corrected chi connectivity index (χ2v) is 5.40. The van der Waals surface area contributed by atoms with Crippen molar-refractivity contribution in [1.82, 2.24) is 9.80 Å². The van der Waals surface area contributed by atoms with Gasteiger partial charge in [0.2, 0.25) is 5.91 Å². The Morgan fingerprint density at radius 2 is 2.00 bits per heavy atom. The van der Waals surface area contributed by atoms with Crippen molar-refractivity contribution in [2.45, 2.75) is 13.3 Å². The zero-order valence-corrected chi connectivity index (χ0v) is 12.0. The molecule has 1 amide bonds. The van der Waals surface area contributed by atoms with Crippen molar-refractivity contribution in [2.24, 2.45) is 11.8 Å². The van der Waals surface area contributed by atoms with E-state index < -0.39 is 5.97 Å². The third kappa shape index (κ3) is 5.16. The van der Waals surface area contributed by atoms with Crippen LogP contribution in [0.25, 0.3) is 0 Å². The fourth-order valence-electron chi connectivity index (χ4n) is 2.23. The quantitative estimate of drug-likeness (QED) is 0.744. The Hall–Kier alpha value is -1.14. The van der Waals surface area contributed by atoms with Gasteiger partial charge in [-0.15, -0.1) is 0 Å². The Labute approximate surface area is 114 Å². The normalized spacial score (nSPS) is 23.4. The summed E-state index contributed by atoms with van der Waals surface area (Å²) in [5.74, 6) is -0.987. The number of carboxylic acid groups (broad SMARTS) is 1. The largest absolute Gasteiger partial charge is 0.480 e. The summed E-state index contributed by atoms with van der Waals surface area (Å²) in [4.78, 5) is 26.7. The first-order chi connectivity index (χ1) is 8.91. The molecule has 0 aliphatic carbocycles. The van der Waals surface area contributed by atoms with Gasteiger partial charge in [-0.05, 0) is 26.4 Å². The minimum absolute atomic E-state index is 0.0555. The number of carbonyl (C=O) groups excluding carboxylic acids is 1. The summed E-state index contributed by atoms with van der Waals surface area (Å²) in [5, 5.41) is 8.93. The lowest BCUT2D eigenvalue weighted by Gasteiger charge is -2.32. The molecule has 0 spiro atoms. The van der Waals surface area contributed by atoms with Crippen LogP contribution >= 0.6 is 0 Å². The minimum atomic E-state index is -0.966. The molecule has 2 atom stereocenters. The number of carboxylic acids is 1. The molecule has 2 unspecified atom stereocenters. The molecule has 1 saturated heterocycles. The highest BCUT2D eigenvalue weighted by Crippen LogP contribution is 2.23. The van der Waals surface area contributed by atoms with Gasteiger partial charge in [0.15, 0.2) is 0 Å². The predicted octanol–water partition coefficient (Wildman–Crippen LogP) is 0.134. The maximum absolute atomic E-state index is 12.4. The molecular weight excluding hydrogens is 248 g/mol. The maximum atomic E-state index is 12.4. The lowest BCUT2D eigenvalue weighted by atomic mass is 9.88. The number of ether oxygens (including phenoxy) is 1. The lowest BCUT2D eigenvalue weighted by Crippen LogP contribution is -2.46. The fourth-order valence-corrected chi connectivity index (χ4v) is 2.23. The highest BCUT2D eigenvalue weighted by atomic mass is 16.5. The van der Waals surface area contributed by atoms with Gasteiger partial charge in [0, 0.05) is 32.2 Å². The van der Waals surface area contributed by atoms with Crippen LogP contribution in [0.5, 0.6) is 0 Å². The smallest absolute Gasteiger partial charge is 0.323 e. The molecule has 0 aromatic carbocycles. The molecule has 19 heavy (non-hydrogen) atoms. The van der Waals surface area contributed by atoms with E-state index in [1.165, 1.54) is 4.90 Å². The summed E-state index contributed by atoms with van der Waals surface area (Å²) < 4.78 is 5.33. The molecule has 1 fully saturated rings. The molecule has 0 saturated carbocycles. The van der Waals surface area contributed by atoms with Gasteiger partial charge in [-0.2, -0.15) is 0 Å². The number of carbonyl (C=O) groups is 2. The third-order valence-corrected chi connectivity index (χ3v) is 3.41. The van der Waals surface area contributed by atoms with E-state index in [4.69, 9.17) is 9.84 Å². The van der Waals surface area contributed by atoms with E-state index in [1.807, 2.05) is 25.9 Å². The molecule has 110 valence electrons. The molecule has 1 aliphatic rings. The summed E-state index contributed by atoms with van der Waals surface area (Å²) in [7, 11) is 3.81. The monoisotopic (exact) mass is 272 g/mol. The number of hydrogen-bond donors (Lipinski definition) is 1. The topological polar surface area (TPSA) is 70.1 Å². The Bertz CT molecular complexity index is 320. The highest BCUT2D eigenvalue weighted by Gasteiger charge is 2.32. The zero-order chi connectivity index (χ0) is 14.4. The molecule has 1 aliphatic heterocycles. The highest BCUT2D eigenvalue weighted by molar-refractivity contribution is 5.83. The molecule has 0 aromatic rings. The molecule has 1 rings (SSSR count). The Kier molecular flexibility index (Phi) is 6.24. The van der Waals surface area contributed by atoms with Crippen LogP contribution in [-0.4, -0.2) is 73.7 Å². The summed E-state index contributed by atoms with van der Waals surface area (Å²) in [6, 6.07) is 0. The molecule has 6 heteroatoms. The van der Waals surface area contributed by atoms with Crippen molar-refractivity contribution in [3.63, 3.8) is 0 Å². The number of rotatable bonds is 6. The molecule has 0 radical (unpaired) electrons. The first kappa shape index (κ1) is 15.9. The van der Waals surface area contributed by atoms with E-state index in [0.717, 1.165) is 0 Å². The standard InChI is InChI=1S/C13H24N2O4/c1-10-9-19-7-4-11(10)13(18)15(8-12(16)17)6-5-14(2)3/h10-11H,4-9H2,1-3H3,(H,16,17). The van der Waals surface area contributed by atoms with E-state index in [0.29, 0.717) is 32.7 Å². The van der Waals surface area contributed by atoms with Crippen molar-refractivity contribution >= 4 is 11.9 Å². The number of likely N-dealkylation sites (N-methyl/N-ethyl adjacent to an activating group) is 1. The summed E-state index contributed by atoms with van der Waals surface area (Å²) in [5.41, 5.74) is 0. The van der Waals surface area contributed by atoms with Crippen molar-refractivity contribution in [3.8, 4) is 0 Å². The SMILES string of the molecule is CC1COCCC1C(=O)N(CCN(C)C)CC(=O)O. The average molecular weight is 272 g/mol. The molecule has 0 aromatic heterocycles. The van der Waals surface area contributed by atoms with Gasteiger partial charge >= 0.3 is 5.97 Å². The first-order valence-electron chi connectivity index (χ1n) is 6.65. The van der Waals surface area contributed by atoms with Crippen LogP contribution in [0.3, 0.4) is 0 Å². The van der Waals surface area contributed by atoms with Gasteiger partial charge < -0.3 is 19.6 Å². The van der Waals surface area contributed by atoms with Gasteiger partial charge in [0.05, 0.1) is 0 Å². The summed E-state index contributed by atoms with van der Waals surface area (Å²) in [6.07, 6.45) is 0.679. The molecule has 1 N–H and O–H groups in total. The summed E-state index contributed by atoms with van der Waals surface area (Å²) >= 11 is 0. The van der Waals surface area contributed by atoms with Gasteiger partial charge in [0.1, 0.15) is 6.54 Å². The minimum Gasteiger partial charge on any atom is -0.480 e. The molecule has 0 bridgehead atoms. The van der Waals surface area contributed by atoms with Gasteiger partial charge in [-0.1, -0.05) is 6.92 Å². The Morgan fingerprint density at radius 1 is 1.32 bits per heavy atom.